The normalized spacial score (nSPS) is 18.9. The molecule has 4 heteroatoms. The summed E-state index contributed by atoms with van der Waals surface area (Å²) < 4.78 is 0. The second kappa shape index (κ2) is 5.00. The Balaban J connectivity index is 1.88. The zero-order valence-corrected chi connectivity index (χ0v) is 10.6. The minimum absolute atomic E-state index is 0.289. The Kier molecular flexibility index (Phi) is 3.21. The van der Waals surface area contributed by atoms with Crippen molar-refractivity contribution in [3.05, 3.63) is 36.3 Å². The van der Waals surface area contributed by atoms with E-state index in [4.69, 9.17) is 0 Å². The summed E-state index contributed by atoms with van der Waals surface area (Å²) in [5.74, 6) is 0.926. The van der Waals surface area contributed by atoms with Crippen molar-refractivity contribution in [3.8, 4) is 0 Å². The van der Waals surface area contributed by atoms with Crippen LogP contribution in [0.1, 0.15) is 18.8 Å². The summed E-state index contributed by atoms with van der Waals surface area (Å²) in [6.07, 6.45) is 1.93. The smallest absolute Gasteiger partial charge is 0.145 e. The zero-order chi connectivity index (χ0) is 12.4. The van der Waals surface area contributed by atoms with Crippen LogP contribution in [0.5, 0.6) is 0 Å². The van der Waals surface area contributed by atoms with Gasteiger partial charge in [-0.1, -0.05) is 18.2 Å². The molecule has 18 heavy (non-hydrogen) atoms. The van der Waals surface area contributed by atoms with Gasteiger partial charge < -0.3 is 5.32 Å². The molecule has 1 aromatic heterocycles. The standard InChI is InChI=1S/C14H18N4/c1-11(18-8-6-15-7-9-18)14-16-10-12-4-2-3-5-13(12)17-14/h2-5,10-11,15H,6-9H2,1H3. The molecule has 1 fully saturated rings. The predicted octanol–water partition coefficient (Wildman–Crippen LogP) is 1.60. The largest absolute Gasteiger partial charge is 0.314 e. The lowest BCUT2D eigenvalue weighted by atomic mass is 10.2. The number of hydrogen-bond donors (Lipinski definition) is 1. The average molecular weight is 242 g/mol. The molecule has 0 bridgehead atoms. The molecule has 0 saturated carbocycles. The molecule has 4 nitrogen and oxygen atoms in total. The van der Waals surface area contributed by atoms with E-state index in [2.05, 4.69) is 33.2 Å². The van der Waals surface area contributed by atoms with E-state index >= 15 is 0 Å². The highest BCUT2D eigenvalue weighted by Gasteiger charge is 2.20. The van der Waals surface area contributed by atoms with Crippen LogP contribution in [-0.4, -0.2) is 41.0 Å². The molecule has 0 spiro atoms. The molecule has 2 aromatic rings. The monoisotopic (exact) mass is 242 g/mol. The molecule has 0 aliphatic carbocycles. The van der Waals surface area contributed by atoms with E-state index in [1.165, 1.54) is 0 Å². The lowest BCUT2D eigenvalue weighted by molar-refractivity contribution is 0.179. The van der Waals surface area contributed by atoms with Gasteiger partial charge in [0.25, 0.3) is 0 Å². The number of benzene rings is 1. The molecule has 1 aliphatic heterocycles. The van der Waals surface area contributed by atoms with Crippen molar-refractivity contribution in [2.24, 2.45) is 0 Å². The number of para-hydroxylation sites is 1. The fourth-order valence-corrected chi connectivity index (χ4v) is 2.42. The summed E-state index contributed by atoms with van der Waals surface area (Å²) in [4.78, 5) is 11.6. The lowest BCUT2D eigenvalue weighted by Gasteiger charge is -2.31. The first-order valence-corrected chi connectivity index (χ1v) is 6.51. The molecule has 1 unspecified atom stereocenters. The minimum Gasteiger partial charge on any atom is -0.314 e. The van der Waals surface area contributed by atoms with Gasteiger partial charge in [-0.2, -0.15) is 0 Å². The zero-order valence-electron chi connectivity index (χ0n) is 10.6. The Morgan fingerprint density at radius 1 is 1.22 bits per heavy atom. The number of nitrogens with zero attached hydrogens (tertiary/aromatic N) is 3. The van der Waals surface area contributed by atoms with Gasteiger partial charge in [0.2, 0.25) is 0 Å². The van der Waals surface area contributed by atoms with Crippen LogP contribution in [0.25, 0.3) is 10.9 Å². The molecule has 94 valence electrons. The molecule has 3 rings (SSSR count). The van der Waals surface area contributed by atoms with Gasteiger partial charge in [0.1, 0.15) is 5.82 Å². The van der Waals surface area contributed by atoms with Gasteiger partial charge in [0.05, 0.1) is 11.6 Å². The Hall–Kier alpha value is -1.52. The maximum atomic E-state index is 4.68. The SMILES string of the molecule is CC(c1ncc2ccccc2n1)N1CCNCC1. The summed E-state index contributed by atoms with van der Waals surface area (Å²) in [5.41, 5.74) is 1.03. The number of rotatable bonds is 2. The summed E-state index contributed by atoms with van der Waals surface area (Å²) in [6.45, 7) is 6.43. The summed E-state index contributed by atoms with van der Waals surface area (Å²) >= 11 is 0. The number of fused-ring (bicyclic) bond motifs is 1. The molecule has 2 heterocycles. The van der Waals surface area contributed by atoms with Crippen LogP contribution in [0.2, 0.25) is 0 Å². The number of piperazine rings is 1. The van der Waals surface area contributed by atoms with E-state index in [-0.39, 0.29) is 6.04 Å². The Labute approximate surface area is 107 Å². The Bertz CT molecular complexity index is 534. The Morgan fingerprint density at radius 2 is 2.00 bits per heavy atom. The molecular weight excluding hydrogens is 224 g/mol. The second-order valence-electron chi connectivity index (χ2n) is 4.75. The van der Waals surface area contributed by atoms with Crippen molar-refractivity contribution < 1.29 is 0 Å². The van der Waals surface area contributed by atoms with Gasteiger partial charge in [-0.15, -0.1) is 0 Å². The van der Waals surface area contributed by atoms with E-state index in [0.717, 1.165) is 42.9 Å². The molecule has 1 saturated heterocycles. The number of aromatic nitrogens is 2. The van der Waals surface area contributed by atoms with E-state index in [0.29, 0.717) is 0 Å². The van der Waals surface area contributed by atoms with Crippen LogP contribution in [-0.2, 0) is 0 Å². The first-order valence-electron chi connectivity index (χ1n) is 6.51. The molecular formula is C14H18N4. The van der Waals surface area contributed by atoms with E-state index in [1.807, 2.05) is 24.4 Å². The van der Waals surface area contributed by atoms with Gasteiger partial charge in [0.15, 0.2) is 0 Å². The van der Waals surface area contributed by atoms with Crippen molar-refractivity contribution in [3.63, 3.8) is 0 Å². The van der Waals surface area contributed by atoms with Crippen LogP contribution < -0.4 is 5.32 Å². The molecule has 0 radical (unpaired) electrons. The predicted molar refractivity (Wildman–Crippen MR) is 72.4 cm³/mol. The van der Waals surface area contributed by atoms with Gasteiger partial charge >= 0.3 is 0 Å². The highest BCUT2D eigenvalue weighted by molar-refractivity contribution is 5.77. The van der Waals surface area contributed by atoms with Crippen LogP contribution >= 0.6 is 0 Å². The van der Waals surface area contributed by atoms with Crippen LogP contribution in [0.3, 0.4) is 0 Å². The minimum atomic E-state index is 0.289. The third kappa shape index (κ3) is 2.21. The van der Waals surface area contributed by atoms with Crippen LogP contribution in [0.15, 0.2) is 30.5 Å². The molecule has 0 amide bonds. The van der Waals surface area contributed by atoms with E-state index in [1.54, 1.807) is 0 Å². The number of nitrogens with one attached hydrogen (secondary N) is 1. The fraction of sp³-hybridized carbons (Fsp3) is 0.429. The van der Waals surface area contributed by atoms with Gasteiger partial charge in [-0.3, -0.25) is 4.90 Å². The van der Waals surface area contributed by atoms with Gasteiger partial charge in [-0.05, 0) is 13.0 Å². The Morgan fingerprint density at radius 3 is 2.83 bits per heavy atom. The maximum absolute atomic E-state index is 4.68. The maximum Gasteiger partial charge on any atom is 0.145 e. The topological polar surface area (TPSA) is 41.1 Å². The fourth-order valence-electron chi connectivity index (χ4n) is 2.42. The third-order valence-corrected chi connectivity index (χ3v) is 3.58. The number of hydrogen-bond acceptors (Lipinski definition) is 4. The first-order chi connectivity index (χ1) is 8.84. The molecule has 1 atom stereocenters. The van der Waals surface area contributed by atoms with E-state index < -0.39 is 0 Å². The molecule has 1 N–H and O–H groups in total. The van der Waals surface area contributed by atoms with Crippen LogP contribution in [0, 0.1) is 0 Å². The highest BCUT2D eigenvalue weighted by atomic mass is 15.2. The van der Waals surface area contributed by atoms with Crippen molar-refractivity contribution in [2.45, 2.75) is 13.0 Å². The molecule has 1 aromatic carbocycles. The highest BCUT2D eigenvalue weighted by Crippen LogP contribution is 2.19. The first kappa shape index (κ1) is 11.6. The van der Waals surface area contributed by atoms with Crippen molar-refractivity contribution in [2.75, 3.05) is 26.2 Å². The van der Waals surface area contributed by atoms with Gasteiger partial charge in [-0.25, -0.2) is 9.97 Å². The summed E-state index contributed by atoms with van der Waals surface area (Å²) in [7, 11) is 0. The van der Waals surface area contributed by atoms with Crippen molar-refractivity contribution in [1.82, 2.24) is 20.2 Å². The third-order valence-electron chi connectivity index (χ3n) is 3.58. The van der Waals surface area contributed by atoms with Crippen LogP contribution in [0.4, 0.5) is 0 Å². The summed E-state index contributed by atoms with van der Waals surface area (Å²) in [6, 6.07) is 8.43. The average Bonchev–Trinajstić information content (AvgIpc) is 2.47. The quantitative estimate of drug-likeness (QED) is 0.868. The van der Waals surface area contributed by atoms with Gasteiger partial charge in [0, 0.05) is 37.8 Å². The van der Waals surface area contributed by atoms with E-state index in [9.17, 15) is 0 Å². The second-order valence-corrected chi connectivity index (χ2v) is 4.75. The van der Waals surface area contributed by atoms with Crippen molar-refractivity contribution in [1.29, 1.82) is 0 Å². The molecule has 1 aliphatic rings. The summed E-state index contributed by atoms with van der Waals surface area (Å²) in [5, 5.41) is 4.47. The lowest BCUT2D eigenvalue weighted by Crippen LogP contribution is -2.44. The van der Waals surface area contributed by atoms with Crippen molar-refractivity contribution >= 4 is 10.9 Å².